The van der Waals surface area contributed by atoms with E-state index < -0.39 is 0 Å². The number of anilines is 2. The molecule has 5 heteroatoms. The topological polar surface area (TPSA) is 41.0 Å². The minimum absolute atomic E-state index is 0. The van der Waals surface area contributed by atoms with E-state index in [1.54, 1.807) is 17.7 Å². The van der Waals surface area contributed by atoms with Crippen molar-refractivity contribution in [3.63, 3.8) is 0 Å². The van der Waals surface area contributed by atoms with Gasteiger partial charge >= 0.3 is 0 Å². The fraction of sp³-hybridized carbons (Fsp3) is 0.429. The summed E-state index contributed by atoms with van der Waals surface area (Å²) in [6, 6.07) is 13.5. The van der Waals surface area contributed by atoms with E-state index in [-0.39, 0.29) is 1.43 Å². The predicted molar refractivity (Wildman–Crippen MR) is 111 cm³/mol. The highest BCUT2D eigenvalue weighted by atomic mass is 32.1. The molecule has 0 amide bonds. The first-order chi connectivity index (χ1) is 12.7. The van der Waals surface area contributed by atoms with Gasteiger partial charge in [0.2, 0.25) is 0 Å². The molecule has 5 rings (SSSR count). The van der Waals surface area contributed by atoms with Crippen molar-refractivity contribution in [1.29, 1.82) is 0 Å². The summed E-state index contributed by atoms with van der Waals surface area (Å²) >= 11 is 1.80. The van der Waals surface area contributed by atoms with Crippen LogP contribution in [0.2, 0.25) is 0 Å². The van der Waals surface area contributed by atoms with Crippen LogP contribution < -0.4 is 10.2 Å². The minimum atomic E-state index is 0. The molecule has 0 bridgehead atoms. The van der Waals surface area contributed by atoms with E-state index >= 15 is 0 Å². The summed E-state index contributed by atoms with van der Waals surface area (Å²) in [6.45, 7) is 4.46. The summed E-state index contributed by atoms with van der Waals surface area (Å²) in [5.41, 5.74) is 1.71. The number of thiophene rings is 1. The van der Waals surface area contributed by atoms with Crippen molar-refractivity contribution in [2.45, 2.75) is 38.6 Å². The van der Waals surface area contributed by atoms with Gasteiger partial charge in [-0.05, 0) is 43.9 Å². The molecule has 3 heterocycles. The lowest BCUT2D eigenvalue weighted by atomic mass is 9.78. The molecular formula is C21H26N4S. The lowest BCUT2D eigenvalue weighted by Gasteiger charge is -2.49. The Hall–Kier alpha value is -2.14. The Morgan fingerprint density at radius 3 is 2.92 bits per heavy atom. The second-order valence-electron chi connectivity index (χ2n) is 7.79. The van der Waals surface area contributed by atoms with Gasteiger partial charge in [-0.25, -0.2) is 9.97 Å². The van der Waals surface area contributed by atoms with Gasteiger partial charge in [0.05, 0.1) is 5.39 Å². The molecule has 1 saturated heterocycles. The zero-order valence-electron chi connectivity index (χ0n) is 15.1. The number of rotatable bonds is 4. The number of hydrogen-bond acceptors (Lipinski definition) is 5. The van der Waals surface area contributed by atoms with Crippen LogP contribution in [-0.4, -0.2) is 29.1 Å². The van der Waals surface area contributed by atoms with Crippen molar-refractivity contribution < 1.29 is 1.43 Å². The first-order valence-electron chi connectivity index (χ1n) is 9.55. The molecular weight excluding hydrogens is 340 g/mol. The number of para-hydroxylation sites is 1. The second-order valence-corrected chi connectivity index (χ2v) is 8.90. The summed E-state index contributed by atoms with van der Waals surface area (Å²) in [4.78, 5) is 14.1. The lowest BCUT2D eigenvalue weighted by Crippen LogP contribution is -2.56. The molecule has 136 valence electrons. The van der Waals surface area contributed by atoms with Gasteiger partial charge in [-0.3, -0.25) is 0 Å². The van der Waals surface area contributed by atoms with Gasteiger partial charge in [0.15, 0.2) is 0 Å². The normalized spacial score (nSPS) is 21.3. The van der Waals surface area contributed by atoms with Gasteiger partial charge in [0, 0.05) is 36.5 Å². The van der Waals surface area contributed by atoms with E-state index in [0.717, 1.165) is 30.2 Å². The Balaban J connectivity index is 0.00000180. The van der Waals surface area contributed by atoms with Crippen molar-refractivity contribution in [3.8, 4) is 0 Å². The van der Waals surface area contributed by atoms with Crippen molar-refractivity contribution in [3.05, 3.63) is 47.6 Å². The predicted octanol–water partition coefficient (Wildman–Crippen LogP) is 4.97. The van der Waals surface area contributed by atoms with E-state index in [0.29, 0.717) is 11.5 Å². The molecule has 1 aliphatic carbocycles. The SMILES string of the molecule is CCc1cc2c(N3CC4(CCC(Nc5ccccc5)C4)C3)ncnc2s1.[HH]. The number of aromatic nitrogens is 2. The van der Waals surface area contributed by atoms with Crippen molar-refractivity contribution >= 4 is 33.1 Å². The fourth-order valence-corrected chi connectivity index (χ4v) is 5.55. The van der Waals surface area contributed by atoms with Crippen LogP contribution in [0.1, 0.15) is 32.5 Å². The average molecular weight is 367 g/mol. The molecule has 26 heavy (non-hydrogen) atoms. The van der Waals surface area contributed by atoms with E-state index in [4.69, 9.17) is 0 Å². The van der Waals surface area contributed by atoms with Crippen LogP contribution >= 0.6 is 11.3 Å². The smallest absolute Gasteiger partial charge is 0.140 e. The van der Waals surface area contributed by atoms with Gasteiger partial charge in [-0.2, -0.15) is 0 Å². The highest BCUT2D eigenvalue weighted by molar-refractivity contribution is 7.18. The monoisotopic (exact) mass is 366 g/mol. The lowest BCUT2D eigenvalue weighted by molar-refractivity contribution is 0.219. The summed E-state index contributed by atoms with van der Waals surface area (Å²) in [6.07, 6.45) is 6.63. The summed E-state index contributed by atoms with van der Waals surface area (Å²) in [5.74, 6) is 1.14. The van der Waals surface area contributed by atoms with Crippen molar-refractivity contribution in [1.82, 2.24) is 9.97 Å². The zero-order chi connectivity index (χ0) is 17.6. The van der Waals surface area contributed by atoms with Crippen LogP contribution in [0.25, 0.3) is 10.2 Å². The van der Waals surface area contributed by atoms with E-state index in [2.05, 4.69) is 63.5 Å². The van der Waals surface area contributed by atoms with Gasteiger partial charge in [0.25, 0.3) is 0 Å². The van der Waals surface area contributed by atoms with Crippen LogP contribution in [0.3, 0.4) is 0 Å². The molecule has 1 N–H and O–H groups in total. The quantitative estimate of drug-likeness (QED) is 0.708. The van der Waals surface area contributed by atoms with Crippen LogP contribution in [0.15, 0.2) is 42.7 Å². The van der Waals surface area contributed by atoms with Crippen molar-refractivity contribution in [2.24, 2.45) is 5.41 Å². The van der Waals surface area contributed by atoms with Gasteiger partial charge in [0.1, 0.15) is 17.0 Å². The molecule has 0 radical (unpaired) electrons. The molecule has 1 unspecified atom stereocenters. The zero-order valence-corrected chi connectivity index (χ0v) is 15.9. The maximum absolute atomic E-state index is 4.62. The molecule has 1 atom stereocenters. The molecule has 2 aromatic heterocycles. The molecule has 1 saturated carbocycles. The molecule has 3 aromatic rings. The highest BCUT2D eigenvalue weighted by Gasteiger charge is 2.48. The molecule has 1 spiro atoms. The fourth-order valence-electron chi connectivity index (χ4n) is 4.62. The third-order valence-electron chi connectivity index (χ3n) is 5.91. The van der Waals surface area contributed by atoms with E-state index in [1.807, 2.05) is 0 Å². The molecule has 2 fully saturated rings. The number of fused-ring (bicyclic) bond motifs is 1. The molecule has 4 nitrogen and oxygen atoms in total. The Bertz CT molecular complexity index is 920. The first kappa shape index (κ1) is 16.1. The number of nitrogens with zero attached hydrogens (tertiary/aromatic N) is 3. The van der Waals surface area contributed by atoms with E-state index in [9.17, 15) is 0 Å². The van der Waals surface area contributed by atoms with Gasteiger partial charge in [-0.15, -0.1) is 11.3 Å². The average Bonchev–Trinajstić information content (AvgIpc) is 3.25. The Morgan fingerprint density at radius 2 is 2.12 bits per heavy atom. The van der Waals surface area contributed by atoms with Gasteiger partial charge < -0.3 is 10.2 Å². The number of nitrogens with one attached hydrogen (secondary N) is 1. The maximum atomic E-state index is 4.62. The molecule has 2 aliphatic rings. The standard InChI is InChI=1S/C21H24N4S.H2/c1-2-17-10-18-19(22-14-23-20(18)26-17)25-12-21(13-25)9-8-16(11-21)24-15-6-4-3-5-7-15;/h3-7,10,14,16,24H,2,8-9,11-13H2,1H3;1H. The number of aryl methyl sites for hydroxylation is 1. The summed E-state index contributed by atoms with van der Waals surface area (Å²) in [7, 11) is 0. The Morgan fingerprint density at radius 1 is 1.27 bits per heavy atom. The summed E-state index contributed by atoms with van der Waals surface area (Å²) in [5, 5.41) is 4.95. The highest BCUT2D eigenvalue weighted by Crippen LogP contribution is 2.48. The third kappa shape index (κ3) is 2.75. The van der Waals surface area contributed by atoms with E-state index in [1.165, 1.54) is 35.2 Å². The Labute approximate surface area is 159 Å². The van der Waals surface area contributed by atoms with Crippen LogP contribution in [0.5, 0.6) is 0 Å². The largest absolute Gasteiger partial charge is 0.382 e. The molecule has 1 aromatic carbocycles. The number of hydrogen-bond donors (Lipinski definition) is 1. The Kier molecular flexibility index (Phi) is 3.85. The van der Waals surface area contributed by atoms with Crippen LogP contribution in [0.4, 0.5) is 11.5 Å². The van der Waals surface area contributed by atoms with Crippen LogP contribution in [0, 0.1) is 5.41 Å². The summed E-state index contributed by atoms with van der Waals surface area (Å²) < 4.78 is 0. The minimum Gasteiger partial charge on any atom is -0.382 e. The number of benzene rings is 1. The van der Waals surface area contributed by atoms with Crippen molar-refractivity contribution in [2.75, 3.05) is 23.3 Å². The van der Waals surface area contributed by atoms with Gasteiger partial charge in [-0.1, -0.05) is 25.1 Å². The maximum Gasteiger partial charge on any atom is 0.140 e. The second kappa shape index (κ2) is 6.23. The first-order valence-corrected chi connectivity index (χ1v) is 10.4. The molecule has 1 aliphatic heterocycles. The third-order valence-corrected chi connectivity index (χ3v) is 7.09. The van der Waals surface area contributed by atoms with Crippen LogP contribution in [-0.2, 0) is 6.42 Å².